The van der Waals surface area contributed by atoms with E-state index in [1.807, 2.05) is 0 Å². The molecule has 0 saturated heterocycles. The van der Waals surface area contributed by atoms with Gasteiger partial charge in [-0.2, -0.15) is 8.78 Å². The molecular formula is C10H7F5O4. The summed E-state index contributed by atoms with van der Waals surface area (Å²) in [5.74, 6) is -3.14. The summed E-state index contributed by atoms with van der Waals surface area (Å²) in [5.41, 5.74) is -0.0478. The second kappa shape index (κ2) is 5.72. The highest BCUT2D eigenvalue weighted by molar-refractivity contribution is 5.70. The van der Waals surface area contributed by atoms with Crippen LogP contribution in [-0.4, -0.2) is 24.0 Å². The molecule has 1 aromatic rings. The van der Waals surface area contributed by atoms with Crippen LogP contribution < -0.4 is 9.47 Å². The number of benzene rings is 1. The monoisotopic (exact) mass is 286 g/mol. The molecule has 0 aromatic heterocycles. The second-order valence-electron chi connectivity index (χ2n) is 3.28. The van der Waals surface area contributed by atoms with Gasteiger partial charge in [0.05, 0.1) is 6.42 Å². The summed E-state index contributed by atoms with van der Waals surface area (Å²) >= 11 is 0. The molecule has 0 heterocycles. The first kappa shape index (κ1) is 15.0. The lowest BCUT2D eigenvalue weighted by atomic mass is 10.1. The first-order valence-corrected chi connectivity index (χ1v) is 4.72. The number of carboxylic acids is 1. The molecule has 0 saturated carbocycles. The standard InChI is InChI=1S/C10H7F5O4/c11-9(12)18-6-2-1-5(4-8(16)17)3-7(6)19-10(13,14)15/h1-3,9H,4H2,(H,16,17). The van der Waals surface area contributed by atoms with Crippen LogP contribution in [0.2, 0.25) is 0 Å². The topological polar surface area (TPSA) is 55.8 Å². The lowest BCUT2D eigenvalue weighted by Crippen LogP contribution is -2.18. The fourth-order valence-electron chi connectivity index (χ4n) is 1.23. The van der Waals surface area contributed by atoms with Gasteiger partial charge in [0.25, 0.3) is 0 Å². The minimum Gasteiger partial charge on any atom is -0.481 e. The Labute approximate surface area is 103 Å². The number of ether oxygens (including phenoxy) is 2. The average Bonchev–Trinajstić information content (AvgIpc) is 2.18. The van der Waals surface area contributed by atoms with Crippen LogP contribution in [0.3, 0.4) is 0 Å². The van der Waals surface area contributed by atoms with Crippen LogP contribution in [0, 0.1) is 0 Å². The van der Waals surface area contributed by atoms with Gasteiger partial charge in [-0.3, -0.25) is 4.79 Å². The molecule has 1 N–H and O–H groups in total. The van der Waals surface area contributed by atoms with Crippen LogP contribution in [0.25, 0.3) is 0 Å². The van der Waals surface area contributed by atoms with Crippen molar-refractivity contribution in [2.45, 2.75) is 19.4 Å². The number of rotatable bonds is 5. The van der Waals surface area contributed by atoms with Crippen LogP contribution in [-0.2, 0) is 11.2 Å². The third kappa shape index (κ3) is 5.40. The molecule has 0 amide bonds. The SMILES string of the molecule is O=C(O)Cc1ccc(OC(F)F)c(OC(F)(F)F)c1. The van der Waals surface area contributed by atoms with E-state index in [0.29, 0.717) is 6.07 Å². The number of alkyl halides is 5. The lowest BCUT2D eigenvalue weighted by Gasteiger charge is -2.14. The van der Waals surface area contributed by atoms with Crippen LogP contribution in [0.15, 0.2) is 18.2 Å². The largest absolute Gasteiger partial charge is 0.573 e. The summed E-state index contributed by atoms with van der Waals surface area (Å²) < 4.78 is 67.5. The van der Waals surface area contributed by atoms with Gasteiger partial charge in [0.2, 0.25) is 0 Å². The Morgan fingerprint density at radius 2 is 1.89 bits per heavy atom. The third-order valence-electron chi connectivity index (χ3n) is 1.81. The maximum Gasteiger partial charge on any atom is 0.573 e. The van der Waals surface area contributed by atoms with E-state index >= 15 is 0 Å². The molecule has 9 heteroatoms. The second-order valence-corrected chi connectivity index (χ2v) is 3.28. The summed E-state index contributed by atoms with van der Waals surface area (Å²) in [6, 6.07) is 2.51. The van der Waals surface area contributed by atoms with Gasteiger partial charge in [0.1, 0.15) is 0 Å². The summed E-state index contributed by atoms with van der Waals surface area (Å²) in [7, 11) is 0. The Hall–Kier alpha value is -2.06. The van der Waals surface area contributed by atoms with Gasteiger partial charge in [0, 0.05) is 0 Å². The number of carboxylic acid groups (broad SMARTS) is 1. The average molecular weight is 286 g/mol. The molecule has 1 rings (SSSR count). The number of aliphatic carboxylic acids is 1. The van der Waals surface area contributed by atoms with Gasteiger partial charge in [-0.25, -0.2) is 0 Å². The van der Waals surface area contributed by atoms with E-state index in [-0.39, 0.29) is 5.56 Å². The van der Waals surface area contributed by atoms with Crippen LogP contribution in [0.1, 0.15) is 5.56 Å². The maximum atomic E-state index is 12.1. The fourth-order valence-corrected chi connectivity index (χ4v) is 1.23. The lowest BCUT2D eigenvalue weighted by molar-refractivity contribution is -0.275. The fraction of sp³-hybridized carbons (Fsp3) is 0.300. The molecule has 0 spiro atoms. The molecule has 1 aromatic carbocycles. The molecule has 0 bridgehead atoms. The number of carbonyl (C=O) groups is 1. The summed E-state index contributed by atoms with van der Waals surface area (Å²) in [5, 5.41) is 8.49. The van der Waals surface area contributed by atoms with Gasteiger partial charge in [-0.15, -0.1) is 13.2 Å². The van der Waals surface area contributed by atoms with Crippen LogP contribution >= 0.6 is 0 Å². The number of hydrogen-bond donors (Lipinski definition) is 1. The quantitative estimate of drug-likeness (QED) is 0.846. The predicted octanol–water partition coefficient (Wildman–Crippen LogP) is 2.81. The highest BCUT2D eigenvalue weighted by Crippen LogP contribution is 2.34. The van der Waals surface area contributed by atoms with Gasteiger partial charge < -0.3 is 14.6 Å². The highest BCUT2D eigenvalue weighted by atomic mass is 19.4. The van der Waals surface area contributed by atoms with Gasteiger partial charge >= 0.3 is 18.9 Å². The highest BCUT2D eigenvalue weighted by Gasteiger charge is 2.33. The van der Waals surface area contributed by atoms with Crippen molar-refractivity contribution in [1.29, 1.82) is 0 Å². The van der Waals surface area contributed by atoms with Crippen molar-refractivity contribution in [3.63, 3.8) is 0 Å². The molecule has 19 heavy (non-hydrogen) atoms. The molecule has 0 aliphatic carbocycles. The van der Waals surface area contributed by atoms with Crippen molar-refractivity contribution < 1.29 is 41.3 Å². The van der Waals surface area contributed by atoms with E-state index in [9.17, 15) is 26.7 Å². The first-order valence-electron chi connectivity index (χ1n) is 4.72. The molecular weight excluding hydrogens is 279 g/mol. The minimum absolute atomic E-state index is 0.0478. The summed E-state index contributed by atoms with van der Waals surface area (Å²) in [4.78, 5) is 10.4. The van der Waals surface area contributed by atoms with Crippen molar-refractivity contribution >= 4 is 5.97 Å². The van der Waals surface area contributed by atoms with Crippen molar-refractivity contribution in [1.82, 2.24) is 0 Å². The molecule has 0 aliphatic rings. The normalized spacial score (nSPS) is 11.5. The molecule has 0 atom stereocenters. The molecule has 106 valence electrons. The van der Waals surface area contributed by atoms with E-state index < -0.39 is 36.9 Å². The minimum atomic E-state index is -5.11. The van der Waals surface area contributed by atoms with Gasteiger partial charge in [-0.05, 0) is 17.7 Å². The van der Waals surface area contributed by atoms with Gasteiger partial charge in [0.15, 0.2) is 11.5 Å². The number of hydrogen-bond acceptors (Lipinski definition) is 3. The number of halogens is 5. The Morgan fingerprint density at radius 1 is 1.26 bits per heavy atom. The zero-order valence-electron chi connectivity index (χ0n) is 9.08. The van der Waals surface area contributed by atoms with E-state index in [1.165, 1.54) is 0 Å². The Kier molecular flexibility index (Phi) is 4.52. The van der Waals surface area contributed by atoms with Crippen LogP contribution in [0.5, 0.6) is 11.5 Å². The van der Waals surface area contributed by atoms with E-state index in [1.54, 1.807) is 0 Å². The molecule has 4 nitrogen and oxygen atoms in total. The molecule has 0 radical (unpaired) electrons. The predicted molar refractivity (Wildman–Crippen MR) is 51.1 cm³/mol. The van der Waals surface area contributed by atoms with E-state index in [0.717, 1.165) is 12.1 Å². The zero-order chi connectivity index (χ0) is 14.6. The third-order valence-corrected chi connectivity index (χ3v) is 1.81. The maximum absolute atomic E-state index is 12.1. The van der Waals surface area contributed by atoms with E-state index in [2.05, 4.69) is 9.47 Å². The molecule has 0 unspecified atom stereocenters. The smallest absolute Gasteiger partial charge is 0.481 e. The summed E-state index contributed by atoms with van der Waals surface area (Å²) in [6.07, 6.45) is -5.69. The van der Waals surface area contributed by atoms with Crippen LogP contribution in [0.4, 0.5) is 22.0 Å². The first-order chi connectivity index (χ1) is 8.67. The molecule has 0 aliphatic heterocycles. The van der Waals surface area contributed by atoms with Crippen molar-refractivity contribution in [3.8, 4) is 11.5 Å². The molecule has 0 fully saturated rings. The van der Waals surface area contributed by atoms with Gasteiger partial charge in [-0.1, -0.05) is 6.07 Å². The van der Waals surface area contributed by atoms with Crippen molar-refractivity contribution in [2.75, 3.05) is 0 Å². The summed E-state index contributed by atoms with van der Waals surface area (Å²) in [6.45, 7) is -3.33. The van der Waals surface area contributed by atoms with Crippen molar-refractivity contribution in [3.05, 3.63) is 23.8 Å². The zero-order valence-corrected chi connectivity index (χ0v) is 9.08. The van der Waals surface area contributed by atoms with E-state index in [4.69, 9.17) is 5.11 Å². The Balaban J connectivity index is 3.06. The Morgan fingerprint density at radius 3 is 2.37 bits per heavy atom. The van der Waals surface area contributed by atoms with Crippen molar-refractivity contribution in [2.24, 2.45) is 0 Å². The Bertz CT molecular complexity index is 458.